The summed E-state index contributed by atoms with van der Waals surface area (Å²) in [5.41, 5.74) is 3.57. The van der Waals surface area contributed by atoms with Gasteiger partial charge < -0.3 is 10.1 Å². The zero-order valence-corrected chi connectivity index (χ0v) is 15.8. The highest BCUT2D eigenvalue weighted by molar-refractivity contribution is 6.33. The molecule has 27 heavy (non-hydrogen) atoms. The number of hydrogen-bond donors (Lipinski definition) is 2. The zero-order chi connectivity index (χ0) is 19.5. The number of nitrogens with one attached hydrogen (secondary N) is 2. The number of hydrogen-bond acceptors (Lipinski definition) is 4. The molecule has 0 aliphatic carbocycles. The lowest BCUT2D eigenvalue weighted by atomic mass is 10.2. The van der Waals surface area contributed by atoms with E-state index in [0.717, 1.165) is 24.2 Å². The summed E-state index contributed by atoms with van der Waals surface area (Å²) in [5, 5.41) is 6.86. The van der Waals surface area contributed by atoms with Gasteiger partial charge in [0.2, 0.25) is 11.8 Å². The minimum atomic E-state index is -0.522. The van der Waals surface area contributed by atoms with Gasteiger partial charge >= 0.3 is 0 Å². The van der Waals surface area contributed by atoms with Crippen LogP contribution in [0.3, 0.4) is 0 Å². The van der Waals surface area contributed by atoms with Gasteiger partial charge in [-0.15, -0.1) is 0 Å². The molecule has 0 spiro atoms. The van der Waals surface area contributed by atoms with Crippen LogP contribution in [0.15, 0.2) is 53.6 Å². The third-order valence-electron chi connectivity index (χ3n) is 3.50. The second-order valence-electron chi connectivity index (χ2n) is 5.77. The average Bonchev–Trinajstić information content (AvgIpc) is 2.64. The molecule has 6 nitrogen and oxygen atoms in total. The Morgan fingerprint density at radius 3 is 2.74 bits per heavy atom. The number of benzene rings is 2. The second-order valence-corrected chi connectivity index (χ2v) is 6.18. The normalized spacial score (nSPS) is 10.6. The van der Waals surface area contributed by atoms with Crippen LogP contribution in [0.5, 0.6) is 5.75 Å². The van der Waals surface area contributed by atoms with Crippen LogP contribution in [-0.4, -0.2) is 24.6 Å². The minimum absolute atomic E-state index is 0.358. The van der Waals surface area contributed by atoms with Gasteiger partial charge in [-0.25, -0.2) is 5.43 Å². The third kappa shape index (κ3) is 7.50. The van der Waals surface area contributed by atoms with Gasteiger partial charge in [0.15, 0.2) is 0 Å². The highest BCUT2D eigenvalue weighted by Crippen LogP contribution is 2.20. The van der Waals surface area contributed by atoms with Crippen molar-refractivity contribution in [3.63, 3.8) is 0 Å². The SMILES string of the molecule is CCCCOc1cccc(C=NNC(=O)CC(=O)Nc2ccccc2Cl)c1. The van der Waals surface area contributed by atoms with Gasteiger partial charge in [0, 0.05) is 0 Å². The molecule has 0 bridgehead atoms. The Hall–Kier alpha value is -2.86. The number of anilines is 1. The molecule has 0 aliphatic rings. The molecule has 2 N–H and O–H groups in total. The molecule has 0 fully saturated rings. The Balaban J connectivity index is 1.80. The molecule has 142 valence electrons. The standard InChI is InChI=1S/C20H22ClN3O3/c1-2-3-11-27-16-8-6-7-15(12-16)14-22-24-20(26)13-19(25)23-18-10-5-4-9-17(18)21/h4-10,12,14H,2-3,11,13H2,1H3,(H,23,25)(H,24,26). The first-order valence-corrected chi connectivity index (χ1v) is 9.05. The lowest BCUT2D eigenvalue weighted by molar-refractivity contribution is -0.126. The van der Waals surface area contributed by atoms with Crippen LogP contribution in [0.25, 0.3) is 0 Å². The maximum Gasteiger partial charge on any atom is 0.249 e. The molecule has 0 aromatic heterocycles. The first-order chi connectivity index (χ1) is 13.1. The van der Waals surface area contributed by atoms with Crippen LogP contribution in [0, 0.1) is 0 Å². The monoisotopic (exact) mass is 387 g/mol. The summed E-state index contributed by atoms with van der Waals surface area (Å²) in [4.78, 5) is 23.7. The predicted molar refractivity (Wildman–Crippen MR) is 107 cm³/mol. The van der Waals surface area contributed by atoms with Crippen molar-refractivity contribution < 1.29 is 14.3 Å². The van der Waals surface area contributed by atoms with E-state index in [2.05, 4.69) is 22.8 Å². The fraction of sp³-hybridized carbons (Fsp3) is 0.250. The van der Waals surface area contributed by atoms with Crippen molar-refractivity contribution in [2.45, 2.75) is 26.2 Å². The molecular formula is C20H22ClN3O3. The molecule has 0 saturated heterocycles. The number of halogens is 1. The highest BCUT2D eigenvalue weighted by atomic mass is 35.5. The van der Waals surface area contributed by atoms with Crippen molar-refractivity contribution in [1.82, 2.24) is 5.43 Å². The molecular weight excluding hydrogens is 366 g/mol. The van der Waals surface area contributed by atoms with Crippen LogP contribution < -0.4 is 15.5 Å². The van der Waals surface area contributed by atoms with E-state index in [4.69, 9.17) is 16.3 Å². The largest absolute Gasteiger partial charge is 0.494 e. The Labute approximate surface area is 163 Å². The first kappa shape index (κ1) is 20.5. The number of carbonyl (C=O) groups is 2. The second kappa shape index (κ2) is 11.0. The van der Waals surface area contributed by atoms with Crippen molar-refractivity contribution in [2.24, 2.45) is 5.10 Å². The molecule has 0 atom stereocenters. The van der Waals surface area contributed by atoms with Gasteiger partial charge in [-0.1, -0.05) is 49.2 Å². The number of rotatable bonds is 9. The summed E-state index contributed by atoms with van der Waals surface area (Å²) in [6.07, 6.45) is 3.20. The number of carbonyl (C=O) groups excluding carboxylic acids is 2. The Kier molecular flexibility index (Phi) is 8.32. The van der Waals surface area contributed by atoms with Crippen molar-refractivity contribution in [1.29, 1.82) is 0 Å². The Bertz CT molecular complexity index is 809. The fourth-order valence-electron chi connectivity index (χ4n) is 2.14. The predicted octanol–water partition coefficient (Wildman–Crippen LogP) is 4.00. The summed E-state index contributed by atoms with van der Waals surface area (Å²) in [7, 11) is 0. The van der Waals surface area contributed by atoms with Crippen LogP contribution >= 0.6 is 11.6 Å². The summed E-state index contributed by atoms with van der Waals surface area (Å²) < 4.78 is 5.62. The molecule has 0 unspecified atom stereocenters. The van der Waals surface area contributed by atoms with E-state index < -0.39 is 11.8 Å². The van der Waals surface area contributed by atoms with Crippen LogP contribution in [0.1, 0.15) is 31.7 Å². The van der Waals surface area contributed by atoms with Crippen LogP contribution in [0.4, 0.5) is 5.69 Å². The van der Waals surface area contributed by atoms with E-state index in [1.807, 2.05) is 24.3 Å². The Morgan fingerprint density at radius 2 is 1.96 bits per heavy atom. The summed E-state index contributed by atoms with van der Waals surface area (Å²) in [5.74, 6) is -0.244. The Morgan fingerprint density at radius 1 is 1.15 bits per heavy atom. The number of amides is 2. The molecule has 7 heteroatoms. The van der Waals surface area contributed by atoms with E-state index in [1.165, 1.54) is 6.21 Å². The molecule has 2 amide bonds. The molecule has 0 heterocycles. The van der Waals surface area contributed by atoms with Crippen molar-refractivity contribution >= 4 is 35.3 Å². The van der Waals surface area contributed by atoms with Crippen molar-refractivity contribution in [2.75, 3.05) is 11.9 Å². The van der Waals surface area contributed by atoms with Gasteiger partial charge in [0.05, 0.1) is 23.5 Å². The number of unbranched alkanes of at least 4 members (excludes halogenated alkanes) is 1. The molecule has 0 radical (unpaired) electrons. The number of para-hydroxylation sites is 1. The van der Waals surface area contributed by atoms with Gasteiger partial charge in [0.25, 0.3) is 0 Å². The fourth-order valence-corrected chi connectivity index (χ4v) is 2.32. The van der Waals surface area contributed by atoms with Gasteiger partial charge in [-0.05, 0) is 36.2 Å². The number of hydrazone groups is 1. The van der Waals surface area contributed by atoms with E-state index in [0.29, 0.717) is 17.3 Å². The third-order valence-corrected chi connectivity index (χ3v) is 3.83. The average molecular weight is 388 g/mol. The first-order valence-electron chi connectivity index (χ1n) is 8.67. The smallest absolute Gasteiger partial charge is 0.249 e. The summed E-state index contributed by atoms with van der Waals surface area (Å²) >= 11 is 5.96. The van der Waals surface area contributed by atoms with Crippen molar-refractivity contribution in [3.05, 3.63) is 59.1 Å². The maximum atomic E-state index is 11.9. The molecule has 2 aromatic rings. The molecule has 0 saturated carbocycles. The van der Waals surface area contributed by atoms with E-state index in [9.17, 15) is 9.59 Å². The van der Waals surface area contributed by atoms with Crippen LogP contribution in [0.2, 0.25) is 5.02 Å². The lowest BCUT2D eigenvalue weighted by Crippen LogP contribution is -2.24. The minimum Gasteiger partial charge on any atom is -0.494 e. The maximum absolute atomic E-state index is 11.9. The number of nitrogens with zero attached hydrogens (tertiary/aromatic N) is 1. The molecule has 2 aromatic carbocycles. The molecule has 2 rings (SSSR count). The van der Waals surface area contributed by atoms with E-state index in [1.54, 1.807) is 24.3 Å². The summed E-state index contributed by atoms with van der Waals surface area (Å²) in [6.45, 7) is 2.76. The van der Waals surface area contributed by atoms with Gasteiger partial charge in [-0.2, -0.15) is 5.10 Å². The van der Waals surface area contributed by atoms with Gasteiger partial charge in [0.1, 0.15) is 12.2 Å². The highest BCUT2D eigenvalue weighted by Gasteiger charge is 2.10. The van der Waals surface area contributed by atoms with E-state index in [-0.39, 0.29) is 6.42 Å². The number of ether oxygens (including phenoxy) is 1. The van der Waals surface area contributed by atoms with Gasteiger partial charge in [-0.3, -0.25) is 9.59 Å². The lowest BCUT2D eigenvalue weighted by Gasteiger charge is -2.06. The zero-order valence-electron chi connectivity index (χ0n) is 15.1. The van der Waals surface area contributed by atoms with E-state index >= 15 is 0 Å². The van der Waals surface area contributed by atoms with Crippen LogP contribution in [-0.2, 0) is 9.59 Å². The molecule has 0 aliphatic heterocycles. The summed E-state index contributed by atoms with van der Waals surface area (Å²) in [6, 6.07) is 14.2. The quantitative estimate of drug-likeness (QED) is 0.295. The van der Waals surface area contributed by atoms with Crippen molar-refractivity contribution in [3.8, 4) is 5.75 Å². The topological polar surface area (TPSA) is 79.8 Å².